The monoisotopic (exact) mass is 271 g/mol. The number of hydrogen-bond acceptors (Lipinski definition) is 4. The van der Waals surface area contributed by atoms with Crippen molar-refractivity contribution in [1.82, 2.24) is 15.6 Å². The molecule has 100 valence electrons. The zero-order chi connectivity index (χ0) is 13.7. The number of rotatable bonds is 5. The first-order valence-electron chi connectivity index (χ1n) is 5.58. The smallest absolute Gasteiger partial charge is 0.326 e. The fourth-order valence-corrected chi connectivity index (χ4v) is 2.07. The molecular formula is C11H17N3O3S. The normalized spacial score (nSPS) is 12.2. The third-order valence-corrected chi connectivity index (χ3v) is 3.20. The van der Waals surface area contributed by atoms with Gasteiger partial charge in [-0.15, -0.1) is 11.3 Å². The van der Waals surface area contributed by atoms with Crippen LogP contribution in [0.5, 0.6) is 0 Å². The molecule has 1 heterocycles. The Morgan fingerprint density at radius 3 is 2.61 bits per heavy atom. The number of thiazole rings is 1. The summed E-state index contributed by atoms with van der Waals surface area (Å²) in [7, 11) is 0. The van der Waals surface area contributed by atoms with Gasteiger partial charge in [-0.2, -0.15) is 0 Å². The predicted octanol–water partition coefficient (Wildman–Crippen LogP) is 1.36. The van der Waals surface area contributed by atoms with Crippen molar-refractivity contribution in [3.8, 4) is 0 Å². The van der Waals surface area contributed by atoms with Crippen LogP contribution in [0.3, 0.4) is 0 Å². The van der Waals surface area contributed by atoms with Crippen molar-refractivity contribution in [2.45, 2.75) is 33.4 Å². The van der Waals surface area contributed by atoms with Crippen LogP contribution in [0, 0.1) is 12.8 Å². The van der Waals surface area contributed by atoms with Crippen LogP contribution in [-0.2, 0) is 11.3 Å². The van der Waals surface area contributed by atoms with Gasteiger partial charge in [-0.05, 0) is 12.8 Å². The average Bonchev–Trinajstić information content (AvgIpc) is 2.68. The second-order valence-corrected chi connectivity index (χ2v) is 5.57. The maximum Gasteiger partial charge on any atom is 0.326 e. The summed E-state index contributed by atoms with van der Waals surface area (Å²) in [5.74, 6) is -1.21. The molecule has 0 radical (unpaired) electrons. The fourth-order valence-electron chi connectivity index (χ4n) is 1.34. The highest BCUT2D eigenvalue weighted by Gasteiger charge is 2.23. The van der Waals surface area contributed by atoms with Gasteiger partial charge in [0.15, 0.2) is 0 Å². The molecule has 7 heteroatoms. The summed E-state index contributed by atoms with van der Waals surface area (Å²) in [4.78, 5) is 27.6. The summed E-state index contributed by atoms with van der Waals surface area (Å²) in [6.07, 6.45) is 1.73. The minimum absolute atomic E-state index is 0.171. The van der Waals surface area contributed by atoms with Crippen LogP contribution in [0.4, 0.5) is 4.79 Å². The molecule has 0 aliphatic carbocycles. The molecule has 6 nitrogen and oxygen atoms in total. The zero-order valence-corrected chi connectivity index (χ0v) is 11.4. The minimum atomic E-state index is -1.04. The quantitative estimate of drug-likeness (QED) is 0.754. The zero-order valence-electron chi connectivity index (χ0n) is 10.6. The summed E-state index contributed by atoms with van der Waals surface area (Å²) in [6, 6.07) is -1.38. The lowest BCUT2D eigenvalue weighted by Gasteiger charge is -2.17. The summed E-state index contributed by atoms with van der Waals surface area (Å²) >= 11 is 1.49. The van der Waals surface area contributed by atoms with Crippen molar-refractivity contribution in [1.29, 1.82) is 0 Å². The second kappa shape index (κ2) is 6.34. The second-order valence-electron chi connectivity index (χ2n) is 4.25. The number of carbonyl (C=O) groups is 2. The average molecular weight is 271 g/mol. The number of carboxylic acids is 1. The number of amides is 2. The number of carboxylic acid groups (broad SMARTS) is 1. The van der Waals surface area contributed by atoms with E-state index in [2.05, 4.69) is 15.6 Å². The number of nitrogens with zero attached hydrogens (tertiary/aromatic N) is 1. The standard InChI is InChI=1S/C11H17N3O3S/c1-6(2)9(10(15)16)14-11(17)13-5-8-12-4-7(3)18-8/h4,6,9H,5H2,1-3H3,(H,15,16)(H2,13,14,17). The van der Waals surface area contributed by atoms with E-state index in [9.17, 15) is 9.59 Å². The van der Waals surface area contributed by atoms with Crippen molar-refractivity contribution in [3.05, 3.63) is 16.1 Å². The Morgan fingerprint density at radius 2 is 2.17 bits per heavy atom. The van der Waals surface area contributed by atoms with Crippen molar-refractivity contribution in [3.63, 3.8) is 0 Å². The highest BCUT2D eigenvalue weighted by atomic mass is 32.1. The Labute approximate surface area is 109 Å². The first-order valence-corrected chi connectivity index (χ1v) is 6.40. The lowest BCUT2D eigenvalue weighted by atomic mass is 10.1. The number of aromatic nitrogens is 1. The molecule has 18 heavy (non-hydrogen) atoms. The van der Waals surface area contributed by atoms with Gasteiger partial charge in [-0.3, -0.25) is 0 Å². The van der Waals surface area contributed by atoms with Gasteiger partial charge < -0.3 is 15.7 Å². The molecule has 0 fully saturated rings. The van der Waals surface area contributed by atoms with Crippen LogP contribution in [0.25, 0.3) is 0 Å². The van der Waals surface area contributed by atoms with E-state index in [0.29, 0.717) is 6.54 Å². The first-order chi connectivity index (χ1) is 8.40. The van der Waals surface area contributed by atoms with Gasteiger partial charge >= 0.3 is 12.0 Å². The fraction of sp³-hybridized carbons (Fsp3) is 0.545. The minimum Gasteiger partial charge on any atom is -0.480 e. The van der Waals surface area contributed by atoms with Crippen LogP contribution in [0.1, 0.15) is 23.7 Å². The molecule has 2 amide bonds. The highest BCUT2D eigenvalue weighted by Crippen LogP contribution is 2.10. The highest BCUT2D eigenvalue weighted by molar-refractivity contribution is 7.11. The molecule has 1 rings (SSSR count). The van der Waals surface area contributed by atoms with Gasteiger partial charge in [0.25, 0.3) is 0 Å². The van der Waals surface area contributed by atoms with Gasteiger partial charge in [0.1, 0.15) is 11.0 Å². The number of aryl methyl sites for hydroxylation is 1. The number of carbonyl (C=O) groups excluding carboxylic acids is 1. The Balaban J connectivity index is 2.43. The van der Waals surface area contributed by atoms with E-state index >= 15 is 0 Å². The maximum absolute atomic E-state index is 11.5. The van der Waals surface area contributed by atoms with Gasteiger partial charge in [0.2, 0.25) is 0 Å². The third-order valence-electron chi connectivity index (χ3n) is 2.29. The molecule has 1 atom stereocenters. The van der Waals surface area contributed by atoms with Gasteiger partial charge in [0.05, 0.1) is 6.54 Å². The van der Waals surface area contributed by atoms with Gasteiger partial charge in [0, 0.05) is 11.1 Å². The molecule has 0 bridgehead atoms. The molecular weight excluding hydrogens is 254 g/mol. The van der Waals surface area contributed by atoms with Crippen LogP contribution in [0.15, 0.2) is 6.20 Å². The number of aliphatic carboxylic acids is 1. The molecule has 0 saturated carbocycles. The lowest BCUT2D eigenvalue weighted by Crippen LogP contribution is -2.48. The van der Waals surface area contributed by atoms with E-state index in [1.54, 1.807) is 20.0 Å². The Hall–Kier alpha value is -1.63. The number of nitrogens with one attached hydrogen (secondary N) is 2. The Bertz CT molecular complexity index is 431. The van der Waals surface area contributed by atoms with E-state index in [1.807, 2.05) is 6.92 Å². The number of hydrogen-bond donors (Lipinski definition) is 3. The largest absolute Gasteiger partial charge is 0.480 e. The molecule has 3 N–H and O–H groups in total. The van der Waals surface area contributed by atoms with Crippen LogP contribution >= 0.6 is 11.3 Å². The van der Waals surface area contributed by atoms with Gasteiger partial charge in [-0.1, -0.05) is 13.8 Å². The van der Waals surface area contributed by atoms with E-state index in [-0.39, 0.29) is 5.92 Å². The van der Waals surface area contributed by atoms with E-state index in [1.165, 1.54) is 11.3 Å². The molecule has 0 aromatic carbocycles. The molecule has 1 aromatic rings. The van der Waals surface area contributed by atoms with E-state index < -0.39 is 18.0 Å². The van der Waals surface area contributed by atoms with Gasteiger partial charge in [-0.25, -0.2) is 14.6 Å². The van der Waals surface area contributed by atoms with Crippen LogP contribution < -0.4 is 10.6 Å². The molecule has 0 spiro atoms. The van der Waals surface area contributed by atoms with Crippen molar-refractivity contribution < 1.29 is 14.7 Å². The molecule has 0 aliphatic rings. The summed E-state index contributed by atoms with van der Waals surface area (Å²) in [5.41, 5.74) is 0. The van der Waals surface area contributed by atoms with Crippen molar-refractivity contribution in [2.24, 2.45) is 5.92 Å². The topological polar surface area (TPSA) is 91.3 Å². The first kappa shape index (κ1) is 14.4. The lowest BCUT2D eigenvalue weighted by molar-refractivity contribution is -0.140. The summed E-state index contributed by atoms with van der Waals surface area (Å²) in [5, 5.41) is 14.7. The van der Waals surface area contributed by atoms with E-state index in [4.69, 9.17) is 5.11 Å². The SMILES string of the molecule is Cc1cnc(CNC(=O)NC(C(=O)O)C(C)C)s1. The molecule has 0 saturated heterocycles. The van der Waals surface area contributed by atoms with E-state index in [0.717, 1.165) is 9.88 Å². The molecule has 1 unspecified atom stereocenters. The summed E-state index contributed by atoms with van der Waals surface area (Å²) in [6.45, 7) is 5.71. The molecule has 0 aliphatic heterocycles. The van der Waals surface area contributed by atoms with Crippen LogP contribution in [-0.4, -0.2) is 28.1 Å². The Morgan fingerprint density at radius 1 is 1.50 bits per heavy atom. The third kappa shape index (κ3) is 4.33. The van der Waals surface area contributed by atoms with Crippen molar-refractivity contribution >= 4 is 23.3 Å². The Kier molecular flexibility index (Phi) is 5.08. The predicted molar refractivity (Wildman–Crippen MR) is 68.5 cm³/mol. The van der Waals surface area contributed by atoms with Crippen molar-refractivity contribution in [2.75, 3.05) is 0 Å². The molecule has 1 aromatic heterocycles. The van der Waals surface area contributed by atoms with Crippen LogP contribution in [0.2, 0.25) is 0 Å². The summed E-state index contributed by atoms with van der Waals surface area (Å²) < 4.78 is 0. The number of urea groups is 1. The maximum atomic E-state index is 11.5.